The van der Waals surface area contributed by atoms with Gasteiger partial charge in [-0.1, -0.05) is 30.3 Å². The first kappa shape index (κ1) is 24.3. The third kappa shape index (κ3) is 8.05. The van der Waals surface area contributed by atoms with E-state index in [0.29, 0.717) is 13.1 Å². The zero-order valence-electron chi connectivity index (χ0n) is 19.1. The summed E-state index contributed by atoms with van der Waals surface area (Å²) < 4.78 is 10.9. The second-order valence-electron chi connectivity index (χ2n) is 9.99. The standard InChI is InChI=1S/C23H36N2O5/c1-21(2,3)29-19(26)14-24-12-13-25(15-20(27)30-22(4,5)6)17-23(28,16-24)18-10-8-7-9-11-18/h7-11,28H,12-17H2,1-6H3. The van der Waals surface area contributed by atoms with Gasteiger partial charge in [0.15, 0.2) is 0 Å². The molecule has 30 heavy (non-hydrogen) atoms. The fraction of sp³-hybridized carbons (Fsp3) is 0.652. The fourth-order valence-corrected chi connectivity index (χ4v) is 3.54. The Balaban J connectivity index is 2.18. The molecule has 1 aliphatic rings. The van der Waals surface area contributed by atoms with Gasteiger partial charge in [-0.2, -0.15) is 0 Å². The van der Waals surface area contributed by atoms with Crippen molar-refractivity contribution in [1.29, 1.82) is 0 Å². The van der Waals surface area contributed by atoms with E-state index in [1.807, 2.05) is 81.7 Å². The van der Waals surface area contributed by atoms with Crippen molar-refractivity contribution in [3.05, 3.63) is 35.9 Å². The lowest BCUT2D eigenvalue weighted by atomic mass is 9.93. The Morgan fingerprint density at radius 3 is 1.63 bits per heavy atom. The van der Waals surface area contributed by atoms with Crippen LogP contribution in [-0.2, 0) is 24.7 Å². The number of hydrogen-bond acceptors (Lipinski definition) is 7. The van der Waals surface area contributed by atoms with Gasteiger partial charge in [-0.15, -0.1) is 0 Å². The lowest BCUT2D eigenvalue weighted by molar-refractivity contribution is -0.157. The zero-order chi connectivity index (χ0) is 22.6. The SMILES string of the molecule is CC(C)(C)OC(=O)CN1CCN(CC(=O)OC(C)(C)C)CC(O)(c2ccccc2)C1. The maximum atomic E-state index is 12.4. The molecule has 7 heteroatoms. The van der Waals surface area contributed by atoms with E-state index >= 15 is 0 Å². The number of carbonyl (C=O) groups excluding carboxylic acids is 2. The Labute approximate surface area is 179 Å². The molecule has 0 aliphatic carbocycles. The van der Waals surface area contributed by atoms with Gasteiger partial charge in [0.05, 0.1) is 13.1 Å². The normalized spacial score (nSPS) is 18.5. The van der Waals surface area contributed by atoms with Gasteiger partial charge in [-0.05, 0) is 47.1 Å². The second kappa shape index (κ2) is 9.45. The van der Waals surface area contributed by atoms with Crippen molar-refractivity contribution >= 4 is 11.9 Å². The van der Waals surface area contributed by atoms with E-state index in [9.17, 15) is 14.7 Å². The average Bonchev–Trinajstić information content (AvgIpc) is 2.71. The molecule has 1 fully saturated rings. The first-order valence-corrected chi connectivity index (χ1v) is 10.4. The van der Waals surface area contributed by atoms with E-state index in [0.717, 1.165) is 5.56 Å². The molecule has 0 atom stereocenters. The number of esters is 2. The minimum atomic E-state index is -1.23. The zero-order valence-corrected chi connectivity index (χ0v) is 19.1. The molecule has 1 aromatic carbocycles. The molecule has 2 rings (SSSR count). The van der Waals surface area contributed by atoms with Crippen molar-refractivity contribution in [2.45, 2.75) is 58.3 Å². The van der Waals surface area contributed by atoms with Crippen LogP contribution in [0.25, 0.3) is 0 Å². The maximum absolute atomic E-state index is 12.4. The van der Waals surface area contributed by atoms with Crippen molar-refractivity contribution in [3.8, 4) is 0 Å². The lowest BCUT2D eigenvalue weighted by Gasteiger charge is -2.33. The Hall–Kier alpha value is -1.96. The van der Waals surface area contributed by atoms with Gasteiger partial charge in [0.1, 0.15) is 16.8 Å². The van der Waals surface area contributed by atoms with Gasteiger partial charge in [0.2, 0.25) is 0 Å². The van der Waals surface area contributed by atoms with Crippen molar-refractivity contribution < 1.29 is 24.2 Å². The summed E-state index contributed by atoms with van der Waals surface area (Å²) >= 11 is 0. The van der Waals surface area contributed by atoms with E-state index in [1.165, 1.54) is 0 Å². The number of rotatable bonds is 5. The van der Waals surface area contributed by atoms with E-state index in [1.54, 1.807) is 0 Å². The molecular formula is C23H36N2O5. The molecule has 0 bridgehead atoms. The van der Waals surface area contributed by atoms with Crippen LogP contribution in [0, 0.1) is 0 Å². The molecular weight excluding hydrogens is 384 g/mol. The summed E-state index contributed by atoms with van der Waals surface area (Å²) in [5, 5.41) is 11.6. The molecule has 0 saturated carbocycles. The number of β-amino-alcohol motifs (C(OH)–C–C–N with tert-alkyl or cyclic N) is 1. The van der Waals surface area contributed by atoms with E-state index in [2.05, 4.69) is 0 Å². The summed E-state index contributed by atoms with van der Waals surface area (Å²) in [5.74, 6) is -0.669. The predicted molar refractivity (Wildman–Crippen MR) is 115 cm³/mol. The van der Waals surface area contributed by atoms with Crippen LogP contribution >= 0.6 is 0 Å². The molecule has 0 aromatic heterocycles. The second-order valence-corrected chi connectivity index (χ2v) is 9.99. The van der Waals surface area contributed by atoms with Crippen LogP contribution in [0.3, 0.4) is 0 Å². The molecule has 168 valence electrons. The van der Waals surface area contributed by atoms with Gasteiger partial charge < -0.3 is 14.6 Å². The highest BCUT2D eigenvalue weighted by molar-refractivity contribution is 5.72. The summed E-state index contributed by atoms with van der Waals surface area (Å²) in [5.41, 5.74) is -1.62. The maximum Gasteiger partial charge on any atom is 0.320 e. The Kier molecular flexibility index (Phi) is 7.66. The molecule has 1 saturated heterocycles. The van der Waals surface area contributed by atoms with Gasteiger partial charge in [0, 0.05) is 26.2 Å². The largest absolute Gasteiger partial charge is 0.459 e. The van der Waals surface area contributed by atoms with Crippen LogP contribution in [0.5, 0.6) is 0 Å². The van der Waals surface area contributed by atoms with Crippen molar-refractivity contribution in [1.82, 2.24) is 9.80 Å². The third-order valence-electron chi connectivity index (χ3n) is 4.56. The number of benzene rings is 1. The van der Waals surface area contributed by atoms with Crippen molar-refractivity contribution in [2.75, 3.05) is 39.3 Å². The predicted octanol–water partition coefficient (Wildman–Crippen LogP) is 2.18. The molecule has 0 spiro atoms. The molecule has 1 aliphatic heterocycles. The molecule has 0 radical (unpaired) electrons. The van der Waals surface area contributed by atoms with Gasteiger partial charge >= 0.3 is 11.9 Å². The van der Waals surface area contributed by atoms with E-state index < -0.39 is 16.8 Å². The number of nitrogens with zero attached hydrogens (tertiary/aromatic N) is 2. The first-order chi connectivity index (χ1) is 13.8. The third-order valence-corrected chi connectivity index (χ3v) is 4.56. The monoisotopic (exact) mass is 420 g/mol. The molecule has 0 amide bonds. The average molecular weight is 421 g/mol. The van der Waals surface area contributed by atoms with Crippen LogP contribution in [0.4, 0.5) is 0 Å². The lowest BCUT2D eigenvalue weighted by Crippen LogP contribution is -2.47. The van der Waals surface area contributed by atoms with Crippen molar-refractivity contribution in [2.24, 2.45) is 0 Å². The van der Waals surface area contributed by atoms with Crippen LogP contribution in [0.15, 0.2) is 30.3 Å². The summed E-state index contributed by atoms with van der Waals surface area (Å²) in [6.45, 7) is 12.7. The number of carbonyl (C=O) groups is 2. The number of hydrogen-bond donors (Lipinski definition) is 1. The molecule has 1 N–H and O–H groups in total. The highest BCUT2D eigenvalue weighted by atomic mass is 16.6. The summed E-state index contributed by atoms with van der Waals surface area (Å²) in [4.78, 5) is 28.5. The van der Waals surface area contributed by atoms with Gasteiger partial charge in [-0.3, -0.25) is 19.4 Å². The van der Waals surface area contributed by atoms with Crippen LogP contribution in [0.2, 0.25) is 0 Å². The summed E-state index contributed by atoms with van der Waals surface area (Å²) in [6, 6.07) is 9.36. The highest BCUT2D eigenvalue weighted by Gasteiger charge is 2.38. The van der Waals surface area contributed by atoms with E-state index in [4.69, 9.17) is 9.47 Å². The fourth-order valence-electron chi connectivity index (χ4n) is 3.54. The molecule has 1 heterocycles. The Morgan fingerprint density at radius 1 is 0.867 bits per heavy atom. The van der Waals surface area contributed by atoms with Gasteiger partial charge in [-0.25, -0.2) is 0 Å². The first-order valence-electron chi connectivity index (χ1n) is 10.4. The Morgan fingerprint density at radius 2 is 1.27 bits per heavy atom. The summed E-state index contributed by atoms with van der Waals surface area (Å²) in [7, 11) is 0. The van der Waals surface area contributed by atoms with Crippen molar-refractivity contribution in [3.63, 3.8) is 0 Å². The van der Waals surface area contributed by atoms with E-state index in [-0.39, 0.29) is 38.1 Å². The molecule has 1 aromatic rings. The Bertz CT molecular complexity index is 681. The van der Waals surface area contributed by atoms with Crippen LogP contribution < -0.4 is 0 Å². The minimum absolute atomic E-state index is 0.0761. The van der Waals surface area contributed by atoms with Crippen LogP contribution in [-0.4, -0.2) is 77.3 Å². The topological polar surface area (TPSA) is 79.3 Å². The van der Waals surface area contributed by atoms with Crippen LogP contribution in [0.1, 0.15) is 47.1 Å². The molecule has 7 nitrogen and oxygen atoms in total. The number of ether oxygens (including phenoxy) is 2. The molecule has 0 unspecified atom stereocenters. The number of aliphatic hydroxyl groups is 1. The quantitative estimate of drug-likeness (QED) is 0.732. The minimum Gasteiger partial charge on any atom is -0.459 e. The van der Waals surface area contributed by atoms with Gasteiger partial charge in [0.25, 0.3) is 0 Å². The smallest absolute Gasteiger partial charge is 0.320 e. The highest BCUT2D eigenvalue weighted by Crippen LogP contribution is 2.26. The summed E-state index contributed by atoms with van der Waals surface area (Å²) in [6.07, 6.45) is 0.